The van der Waals surface area contributed by atoms with Crippen molar-refractivity contribution in [3.63, 3.8) is 0 Å². The Morgan fingerprint density at radius 2 is 1.74 bits per heavy atom. The molecule has 0 unspecified atom stereocenters. The second-order valence-electron chi connectivity index (χ2n) is 6.89. The molecule has 0 fully saturated rings. The number of hydrogen-bond donors (Lipinski definition) is 0. The summed E-state index contributed by atoms with van der Waals surface area (Å²) in [6.07, 6.45) is 6.80. The normalized spacial score (nSPS) is 11.5. The lowest BCUT2D eigenvalue weighted by Gasteiger charge is -2.09. The van der Waals surface area contributed by atoms with Gasteiger partial charge in [-0.1, -0.05) is 36.4 Å². The first kappa shape index (κ1) is 18.7. The van der Waals surface area contributed by atoms with Gasteiger partial charge in [0.2, 0.25) is 12.3 Å². The Kier molecular flexibility index (Phi) is 5.18. The monoisotopic (exact) mass is 406 g/mol. The van der Waals surface area contributed by atoms with E-state index >= 15 is 0 Å². The molecule has 31 heavy (non-hydrogen) atoms. The molecule has 0 aliphatic heterocycles. The minimum Gasteiger partial charge on any atom is -0.487 e. The second-order valence-corrected chi connectivity index (χ2v) is 6.89. The van der Waals surface area contributed by atoms with Gasteiger partial charge in [-0.15, -0.1) is 10.2 Å². The Bertz CT molecular complexity index is 1320. The largest absolute Gasteiger partial charge is 0.487 e. The lowest BCUT2D eigenvalue weighted by atomic mass is 10.0. The molecule has 0 aliphatic rings. The van der Waals surface area contributed by atoms with E-state index in [-0.39, 0.29) is 0 Å². The summed E-state index contributed by atoms with van der Waals surface area (Å²) in [5.41, 5.74) is 4.60. The summed E-state index contributed by atoms with van der Waals surface area (Å²) in [4.78, 5) is 8.71. The summed E-state index contributed by atoms with van der Waals surface area (Å²) >= 11 is 0. The highest BCUT2D eigenvalue weighted by molar-refractivity contribution is 5.88. The van der Waals surface area contributed by atoms with Crippen LogP contribution < -0.4 is 4.74 Å². The minimum atomic E-state index is 0.396. The minimum absolute atomic E-state index is 0.396. The molecule has 0 amide bonds. The molecule has 2 aromatic carbocycles. The van der Waals surface area contributed by atoms with Gasteiger partial charge in [0.25, 0.3) is 0 Å². The highest BCUT2D eigenvalue weighted by Crippen LogP contribution is 2.26. The summed E-state index contributed by atoms with van der Waals surface area (Å²) in [7, 11) is 0. The Morgan fingerprint density at radius 3 is 2.55 bits per heavy atom. The summed E-state index contributed by atoms with van der Waals surface area (Å²) in [6.45, 7) is 0.396. The molecular weight excluding hydrogens is 388 g/mol. The molecule has 5 rings (SSSR count). The van der Waals surface area contributed by atoms with Crippen LogP contribution >= 0.6 is 0 Å². The second kappa shape index (κ2) is 8.59. The molecule has 0 radical (unpaired) electrons. The predicted octanol–water partition coefficient (Wildman–Crippen LogP) is 5.18. The van der Waals surface area contributed by atoms with Crippen molar-refractivity contribution in [1.82, 2.24) is 20.2 Å². The number of nitrogens with zero attached hydrogens (tertiary/aromatic N) is 4. The zero-order chi connectivity index (χ0) is 20.9. The Balaban J connectivity index is 1.35. The third-order valence-electron chi connectivity index (χ3n) is 4.82. The van der Waals surface area contributed by atoms with Crippen LogP contribution in [0.3, 0.4) is 0 Å². The van der Waals surface area contributed by atoms with Crippen LogP contribution in [-0.2, 0) is 6.61 Å². The highest BCUT2D eigenvalue weighted by atomic mass is 16.5. The van der Waals surface area contributed by atoms with Crippen LogP contribution in [0.4, 0.5) is 0 Å². The number of ether oxygens (including phenoxy) is 1. The molecule has 6 nitrogen and oxygen atoms in total. The van der Waals surface area contributed by atoms with Gasteiger partial charge >= 0.3 is 0 Å². The van der Waals surface area contributed by atoms with Gasteiger partial charge in [0, 0.05) is 23.4 Å². The highest BCUT2D eigenvalue weighted by Gasteiger charge is 2.11. The summed E-state index contributed by atoms with van der Waals surface area (Å²) in [6, 6.07) is 23.7. The van der Waals surface area contributed by atoms with Crippen LogP contribution in [0.2, 0.25) is 0 Å². The third kappa shape index (κ3) is 4.33. The van der Waals surface area contributed by atoms with Crippen LogP contribution in [0.1, 0.15) is 22.7 Å². The fourth-order valence-corrected chi connectivity index (χ4v) is 3.26. The van der Waals surface area contributed by atoms with Crippen molar-refractivity contribution in [3.8, 4) is 5.75 Å². The zero-order valence-electron chi connectivity index (χ0n) is 16.6. The molecule has 6 heteroatoms. The number of pyridine rings is 2. The summed E-state index contributed by atoms with van der Waals surface area (Å²) in [5, 5.41) is 9.00. The van der Waals surface area contributed by atoms with Crippen LogP contribution in [0.15, 0.2) is 96.0 Å². The Morgan fingerprint density at radius 1 is 0.903 bits per heavy atom. The van der Waals surface area contributed by atoms with Gasteiger partial charge in [-0.2, -0.15) is 0 Å². The van der Waals surface area contributed by atoms with Crippen LogP contribution in [0.25, 0.3) is 22.6 Å². The van der Waals surface area contributed by atoms with Crippen LogP contribution in [-0.4, -0.2) is 20.2 Å². The van der Waals surface area contributed by atoms with Gasteiger partial charge < -0.3 is 9.15 Å². The van der Waals surface area contributed by atoms with Crippen LogP contribution in [0.5, 0.6) is 5.75 Å². The molecule has 0 aliphatic carbocycles. The molecule has 0 bridgehead atoms. The molecule has 0 atom stereocenters. The number of fused-ring (bicyclic) bond motifs is 1. The standard InChI is InChI=1S/C25H18N4O2/c1-2-4-24-20(3-1)5-8-21(28-24)16-30-22-9-6-19(7-10-22)23(25-29-27-17-31-25)15-18-11-13-26-14-12-18/h1-15,17H,16H2/b23-15+. The lowest BCUT2D eigenvalue weighted by molar-refractivity contribution is 0.302. The van der Waals surface area contributed by atoms with Gasteiger partial charge in [0.05, 0.1) is 11.2 Å². The quantitative estimate of drug-likeness (QED) is 0.387. The van der Waals surface area contributed by atoms with Gasteiger partial charge in [-0.05, 0) is 53.6 Å². The van der Waals surface area contributed by atoms with Crippen molar-refractivity contribution in [2.75, 3.05) is 0 Å². The average molecular weight is 406 g/mol. The van der Waals surface area contributed by atoms with E-state index in [0.717, 1.165) is 39.0 Å². The molecule has 0 N–H and O–H groups in total. The maximum atomic E-state index is 5.94. The first-order valence-electron chi connectivity index (χ1n) is 9.81. The SMILES string of the molecule is C(=C(/c1ccc(OCc2ccc3ccccc3n2)cc1)c1nnco1)/c1ccncc1. The molecule has 5 aromatic rings. The van der Waals surface area contributed by atoms with Crippen molar-refractivity contribution in [3.05, 3.63) is 114 Å². The molecule has 3 heterocycles. The summed E-state index contributed by atoms with van der Waals surface area (Å²) in [5.74, 6) is 1.21. The molecule has 3 aromatic heterocycles. The van der Waals surface area contributed by atoms with E-state index in [1.807, 2.05) is 72.8 Å². The smallest absolute Gasteiger partial charge is 0.248 e. The number of hydrogen-bond acceptors (Lipinski definition) is 6. The topological polar surface area (TPSA) is 73.9 Å². The maximum Gasteiger partial charge on any atom is 0.248 e. The zero-order valence-corrected chi connectivity index (χ0v) is 16.6. The predicted molar refractivity (Wildman–Crippen MR) is 118 cm³/mol. The maximum absolute atomic E-state index is 5.94. The lowest BCUT2D eigenvalue weighted by Crippen LogP contribution is -1.98. The molecule has 0 saturated carbocycles. The summed E-state index contributed by atoms with van der Waals surface area (Å²) < 4.78 is 11.4. The third-order valence-corrected chi connectivity index (χ3v) is 4.82. The van der Waals surface area contributed by atoms with Crippen molar-refractivity contribution in [2.24, 2.45) is 0 Å². The van der Waals surface area contributed by atoms with E-state index in [2.05, 4.69) is 26.2 Å². The van der Waals surface area contributed by atoms with Crippen molar-refractivity contribution < 1.29 is 9.15 Å². The molecular formula is C25H18N4O2. The average Bonchev–Trinajstić information content (AvgIpc) is 3.37. The van der Waals surface area contributed by atoms with E-state index in [4.69, 9.17) is 9.15 Å². The molecule has 150 valence electrons. The van der Waals surface area contributed by atoms with E-state index in [1.54, 1.807) is 12.4 Å². The van der Waals surface area contributed by atoms with Gasteiger partial charge in [-0.3, -0.25) is 4.98 Å². The fourth-order valence-electron chi connectivity index (χ4n) is 3.26. The van der Waals surface area contributed by atoms with Crippen molar-refractivity contribution in [2.45, 2.75) is 6.61 Å². The fraction of sp³-hybridized carbons (Fsp3) is 0.0400. The number of para-hydroxylation sites is 1. The number of rotatable bonds is 6. The first-order valence-corrected chi connectivity index (χ1v) is 9.81. The van der Waals surface area contributed by atoms with E-state index in [9.17, 15) is 0 Å². The van der Waals surface area contributed by atoms with Crippen molar-refractivity contribution in [1.29, 1.82) is 0 Å². The van der Waals surface area contributed by atoms with Crippen molar-refractivity contribution >= 4 is 22.6 Å². The van der Waals surface area contributed by atoms with E-state index in [0.29, 0.717) is 12.5 Å². The van der Waals surface area contributed by atoms with Crippen LogP contribution in [0, 0.1) is 0 Å². The molecule has 0 spiro atoms. The van der Waals surface area contributed by atoms with E-state index in [1.165, 1.54) is 6.39 Å². The van der Waals surface area contributed by atoms with E-state index < -0.39 is 0 Å². The van der Waals surface area contributed by atoms with Gasteiger partial charge in [-0.25, -0.2) is 4.98 Å². The van der Waals surface area contributed by atoms with Gasteiger partial charge in [0.15, 0.2) is 0 Å². The first-order chi connectivity index (χ1) is 15.3. The number of benzene rings is 2. The molecule has 0 saturated heterocycles. The Hall–Kier alpha value is -4.32. The number of aromatic nitrogens is 4. The Labute approximate surface area is 178 Å². The van der Waals surface area contributed by atoms with Gasteiger partial charge in [0.1, 0.15) is 12.4 Å².